The lowest BCUT2D eigenvalue weighted by molar-refractivity contribution is 0.930. The van der Waals surface area contributed by atoms with Crippen molar-refractivity contribution in [3.05, 3.63) is 30.0 Å². The molecule has 1 aliphatic rings. The van der Waals surface area contributed by atoms with Crippen LogP contribution in [0.2, 0.25) is 0 Å². The molecule has 0 amide bonds. The quantitative estimate of drug-likeness (QED) is 0.425. The summed E-state index contributed by atoms with van der Waals surface area (Å²) in [6, 6.07) is 0. The van der Waals surface area contributed by atoms with Crippen LogP contribution in [0.1, 0.15) is 26.7 Å². The van der Waals surface area contributed by atoms with E-state index >= 15 is 0 Å². The van der Waals surface area contributed by atoms with Gasteiger partial charge in [0.25, 0.3) is 0 Å². The Morgan fingerprint density at radius 1 is 1.73 bits per heavy atom. The Bertz CT molecular complexity index is 204. The molecule has 1 fully saturated rings. The second-order valence-electron chi connectivity index (χ2n) is 3.30. The molecule has 0 aromatic rings. The molecule has 2 atom stereocenters. The summed E-state index contributed by atoms with van der Waals surface area (Å²) in [4.78, 5) is 0. The van der Waals surface area contributed by atoms with Gasteiger partial charge in [-0.25, -0.2) is 0 Å². The minimum Gasteiger partial charge on any atom is -0.129 e. The van der Waals surface area contributed by atoms with Gasteiger partial charge in [-0.05, 0) is 43.8 Å². The third-order valence-corrected chi connectivity index (χ3v) is 2.11. The minimum atomic E-state index is 0.746. The molecule has 60 valence electrons. The smallest absolute Gasteiger partial charge is 0.00860 e. The first kappa shape index (κ1) is 8.36. The van der Waals surface area contributed by atoms with E-state index in [1.807, 2.05) is 0 Å². The molecule has 0 N–H and O–H groups in total. The normalized spacial score (nSPS) is 27.1. The van der Waals surface area contributed by atoms with Gasteiger partial charge < -0.3 is 0 Å². The van der Waals surface area contributed by atoms with Crippen LogP contribution in [0.4, 0.5) is 0 Å². The maximum Gasteiger partial charge on any atom is -0.00860 e. The maximum absolute atomic E-state index is 3.94. The summed E-state index contributed by atoms with van der Waals surface area (Å²) >= 11 is 0. The number of allylic oxidation sites excluding steroid dienone is 2. The number of hydrogen-bond acceptors (Lipinski definition) is 0. The first-order valence-corrected chi connectivity index (χ1v) is 4.32. The molecule has 0 radical (unpaired) electrons. The average molecular weight is 148 g/mol. The summed E-state index contributed by atoms with van der Waals surface area (Å²) < 4.78 is 0. The highest BCUT2D eigenvalue weighted by molar-refractivity contribution is 5.15. The Kier molecular flexibility index (Phi) is 2.73. The van der Waals surface area contributed by atoms with Crippen LogP contribution < -0.4 is 0 Å². The molecule has 0 heteroatoms. The van der Waals surface area contributed by atoms with Gasteiger partial charge in [0.15, 0.2) is 0 Å². The van der Waals surface area contributed by atoms with Crippen LogP contribution in [0.25, 0.3) is 0 Å². The highest BCUT2D eigenvalue weighted by Crippen LogP contribution is 2.43. The van der Waals surface area contributed by atoms with E-state index in [1.165, 1.54) is 12.0 Å². The molecule has 0 heterocycles. The molecule has 2 unspecified atom stereocenters. The molecule has 0 aromatic heterocycles. The van der Waals surface area contributed by atoms with E-state index in [9.17, 15) is 0 Å². The Morgan fingerprint density at radius 2 is 2.45 bits per heavy atom. The number of hydrogen-bond donors (Lipinski definition) is 0. The van der Waals surface area contributed by atoms with Crippen LogP contribution in [0.3, 0.4) is 0 Å². The van der Waals surface area contributed by atoms with E-state index in [0.29, 0.717) is 0 Å². The summed E-state index contributed by atoms with van der Waals surface area (Å²) in [6.45, 7) is 8.18. The lowest BCUT2D eigenvalue weighted by atomic mass is 10.2. The molecule has 0 spiro atoms. The fourth-order valence-corrected chi connectivity index (χ4v) is 1.27. The van der Waals surface area contributed by atoms with Gasteiger partial charge in [0.1, 0.15) is 0 Å². The van der Waals surface area contributed by atoms with E-state index in [0.717, 1.165) is 18.3 Å². The van der Waals surface area contributed by atoms with Crippen LogP contribution in [0, 0.1) is 11.8 Å². The van der Waals surface area contributed by atoms with E-state index < -0.39 is 0 Å². The summed E-state index contributed by atoms with van der Waals surface area (Å²) in [5, 5.41) is 0. The fraction of sp³-hybridized carbons (Fsp3) is 0.545. The van der Waals surface area contributed by atoms with Crippen molar-refractivity contribution in [3.63, 3.8) is 0 Å². The highest BCUT2D eigenvalue weighted by Gasteiger charge is 2.34. The highest BCUT2D eigenvalue weighted by atomic mass is 14.4. The SMILES string of the molecule is C=C(C)C1CC1C=C=CCC. The molecular formula is C11H16. The minimum absolute atomic E-state index is 0.746. The second-order valence-corrected chi connectivity index (χ2v) is 3.30. The topological polar surface area (TPSA) is 0 Å². The molecule has 0 aliphatic heterocycles. The van der Waals surface area contributed by atoms with Crippen LogP contribution in [-0.2, 0) is 0 Å². The second kappa shape index (κ2) is 3.59. The zero-order valence-corrected chi connectivity index (χ0v) is 7.43. The summed E-state index contributed by atoms with van der Waals surface area (Å²) in [7, 11) is 0. The Morgan fingerprint density at radius 3 is 2.91 bits per heavy atom. The largest absolute Gasteiger partial charge is 0.129 e. The zero-order chi connectivity index (χ0) is 8.27. The van der Waals surface area contributed by atoms with Crippen LogP contribution in [0.5, 0.6) is 0 Å². The van der Waals surface area contributed by atoms with E-state index in [2.05, 4.69) is 38.3 Å². The monoisotopic (exact) mass is 148 g/mol. The van der Waals surface area contributed by atoms with Crippen molar-refractivity contribution in [2.24, 2.45) is 11.8 Å². The zero-order valence-electron chi connectivity index (χ0n) is 7.43. The van der Waals surface area contributed by atoms with Gasteiger partial charge in [-0.1, -0.05) is 19.1 Å². The molecule has 1 saturated carbocycles. The van der Waals surface area contributed by atoms with Crippen molar-refractivity contribution in [1.29, 1.82) is 0 Å². The number of rotatable bonds is 3. The fourth-order valence-electron chi connectivity index (χ4n) is 1.27. The van der Waals surface area contributed by atoms with Crippen LogP contribution in [-0.4, -0.2) is 0 Å². The molecular weight excluding hydrogens is 132 g/mol. The Hall–Kier alpha value is -0.740. The third kappa shape index (κ3) is 2.40. The van der Waals surface area contributed by atoms with Crippen molar-refractivity contribution < 1.29 is 0 Å². The molecule has 1 rings (SSSR count). The van der Waals surface area contributed by atoms with Crippen LogP contribution >= 0.6 is 0 Å². The molecule has 1 aliphatic carbocycles. The Labute approximate surface area is 69.3 Å². The van der Waals surface area contributed by atoms with E-state index in [-0.39, 0.29) is 0 Å². The van der Waals surface area contributed by atoms with Gasteiger partial charge in [-0.2, -0.15) is 0 Å². The third-order valence-electron chi connectivity index (χ3n) is 2.11. The van der Waals surface area contributed by atoms with Gasteiger partial charge in [0.05, 0.1) is 0 Å². The first-order valence-electron chi connectivity index (χ1n) is 4.32. The standard InChI is InChI=1S/C11H16/c1-4-5-6-7-10-8-11(10)9(2)3/h5,7,10-11H,2,4,8H2,1,3H3. The van der Waals surface area contributed by atoms with E-state index in [1.54, 1.807) is 0 Å². The first-order chi connectivity index (χ1) is 5.25. The summed E-state index contributed by atoms with van der Waals surface area (Å²) in [6.07, 6.45) is 6.64. The van der Waals surface area contributed by atoms with Gasteiger partial charge in [-0.3, -0.25) is 0 Å². The maximum atomic E-state index is 3.94. The molecule has 0 nitrogen and oxygen atoms in total. The van der Waals surface area contributed by atoms with Crippen LogP contribution in [0.15, 0.2) is 30.0 Å². The van der Waals surface area contributed by atoms with Crippen molar-refractivity contribution in [2.75, 3.05) is 0 Å². The predicted molar refractivity (Wildman–Crippen MR) is 49.4 cm³/mol. The molecule has 0 bridgehead atoms. The molecule has 0 aromatic carbocycles. The average Bonchev–Trinajstić information content (AvgIpc) is 2.68. The van der Waals surface area contributed by atoms with E-state index in [4.69, 9.17) is 0 Å². The lowest BCUT2D eigenvalue weighted by Crippen LogP contribution is -1.77. The summed E-state index contributed by atoms with van der Waals surface area (Å²) in [5.41, 5.74) is 4.51. The molecule has 11 heavy (non-hydrogen) atoms. The predicted octanol–water partition coefficient (Wildman–Crippen LogP) is 3.32. The molecule has 0 saturated heterocycles. The van der Waals surface area contributed by atoms with Gasteiger partial charge in [-0.15, -0.1) is 5.73 Å². The summed E-state index contributed by atoms with van der Waals surface area (Å²) in [5.74, 6) is 1.50. The Balaban J connectivity index is 2.34. The van der Waals surface area contributed by atoms with Gasteiger partial charge >= 0.3 is 0 Å². The van der Waals surface area contributed by atoms with Crippen molar-refractivity contribution in [3.8, 4) is 0 Å². The van der Waals surface area contributed by atoms with Crippen molar-refractivity contribution in [1.82, 2.24) is 0 Å². The van der Waals surface area contributed by atoms with Crippen molar-refractivity contribution >= 4 is 0 Å². The van der Waals surface area contributed by atoms with Gasteiger partial charge in [0.2, 0.25) is 0 Å². The lowest BCUT2D eigenvalue weighted by Gasteiger charge is -1.89. The van der Waals surface area contributed by atoms with Crippen molar-refractivity contribution in [2.45, 2.75) is 26.7 Å². The van der Waals surface area contributed by atoms with Gasteiger partial charge in [0, 0.05) is 0 Å².